The smallest absolute Gasteiger partial charge is 0.280 e. The van der Waals surface area contributed by atoms with Crippen LogP contribution in [0, 0.1) is 5.92 Å². The van der Waals surface area contributed by atoms with Gasteiger partial charge in [0.2, 0.25) is 5.78 Å². The minimum absolute atomic E-state index is 0.0858. The molecule has 1 amide bonds. The zero-order chi connectivity index (χ0) is 19.4. The third-order valence-electron chi connectivity index (χ3n) is 4.93. The molecule has 0 atom stereocenters. The summed E-state index contributed by atoms with van der Waals surface area (Å²) in [6.45, 7) is 1.91. The van der Waals surface area contributed by atoms with Gasteiger partial charge in [0.25, 0.3) is 5.91 Å². The second-order valence-corrected chi connectivity index (χ2v) is 8.39. The van der Waals surface area contributed by atoms with E-state index < -0.39 is 0 Å². The molecule has 146 valence electrons. The largest absolute Gasteiger partial charge is 0.380 e. The van der Waals surface area contributed by atoms with Gasteiger partial charge in [-0.25, -0.2) is 4.98 Å². The molecule has 0 bridgehead atoms. The lowest BCUT2D eigenvalue weighted by atomic mass is 9.89. The van der Waals surface area contributed by atoms with Crippen LogP contribution in [0.1, 0.15) is 62.1 Å². The molecule has 2 aliphatic rings. The summed E-state index contributed by atoms with van der Waals surface area (Å²) in [5.74, 6) is -0.399. The maximum absolute atomic E-state index is 12.6. The summed E-state index contributed by atoms with van der Waals surface area (Å²) >= 11 is 0.999. The van der Waals surface area contributed by atoms with Crippen LogP contribution in [-0.4, -0.2) is 61.1 Å². The van der Waals surface area contributed by atoms with Crippen molar-refractivity contribution >= 4 is 28.8 Å². The van der Waals surface area contributed by atoms with Crippen LogP contribution in [0.5, 0.6) is 0 Å². The predicted molar refractivity (Wildman–Crippen MR) is 104 cm³/mol. The van der Waals surface area contributed by atoms with E-state index in [4.69, 9.17) is 0 Å². The van der Waals surface area contributed by atoms with Gasteiger partial charge in [-0.1, -0.05) is 19.3 Å². The third kappa shape index (κ3) is 4.81. The van der Waals surface area contributed by atoms with Crippen molar-refractivity contribution < 1.29 is 14.4 Å². The average molecular weight is 391 g/mol. The highest BCUT2D eigenvalue weighted by atomic mass is 32.1. The Morgan fingerprint density at radius 2 is 2.00 bits per heavy atom. The van der Waals surface area contributed by atoms with Crippen LogP contribution in [0.4, 0.5) is 0 Å². The summed E-state index contributed by atoms with van der Waals surface area (Å²) in [6, 6.07) is 0. The lowest BCUT2D eigenvalue weighted by molar-refractivity contribution is 0.0942. The van der Waals surface area contributed by atoms with E-state index in [9.17, 15) is 14.4 Å². The lowest BCUT2D eigenvalue weighted by Crippen LogP contribution is -2.32. The van der Waals surface area contributed by atoms with Gasteiger partial charge >= 0.3 is 0 Å². The Hall–Kier alpha value is -2.06. The van der Waals surface area contributed by atoms with Crippen molar-refractivity contribution in [3.05, 3.63) is 27.4 Å². The minimum atomic E-state index is -0.328. The number of carbonyl (C=O) groups excluding carboxylic acids is 3. The third-order valence-corrected chi connectivity index (χ3v) is 6.00. The number of nitrogens with one attached hydrogen (secondary N) is 2. The summed E-state index contributed by atoms with van der Waals surface area (Å²) in [7, 11) is 3.86. The van der Waals surface area contributed by atoms with Crippen LogP contribution >= 0.6 is 11.3 Å². The second kappa shape index (κ2) is 8.75. The fourth-order valence-corrected chi connectivity index (χ4v) is 4.27. The highest BCUT2D eigenvalue weighted by Gasteiger charge is 2.31. The van der Waals surface area contributed by atoms with E-state index in [2.05, 4.69) is 15.6 Å². The quantitative estimate of drug-likeness (QED) is 0.739. The Balaban J connectivity index is 1.63. The number of hydrogen-bond acceptors (Lipinski definition) is 7. The molecular weight excluding hydrogens is 364 g/mol. The highest BCUT2D eigenvalue weighted by molar-refractivity contribution is 7.16. The van der Waals surface area contributed by atoms with Crippen LogP contribution in [0.15, 0.2) is 11.8 Å². The minimum Gasteiger partial charge on any atom is -0.380 e. The Kier molecular flexibility index (Phi) is 6.38. The fraction of sp³-hybridized carbons (Fsp3) is 0.579. The maximum Gasteiger partial charge on any atom is 0.280 e. The van der Waals surface area contributed by atoms with Crippen molar-refractivity contribution in [2.75, 3.05) is 33.7 Å². The Morgan fingerprint density at radius 1 is 1.26 bits per heavy atom. The number of Topliss-reactive ketones (excluding diaryl/α,β-unsaturated/α-hetero) is 1. The number of amides is 1. The van der Waals surface area contributed by atoms with Gasteiger partial charge in [-0.15, -0.1) is 11.3 Å². The average Bonchev–Trinajstić information content (AvgIpc) is 3.11. The van der Waals surface area contributed by atoms with E-state index in [1.807, 2.05) is 19.0 Å². The topological polar surface area (TPSA) is 91.4 Å². The number of allylic oxidation sites excluding steroid dienone is 2. The number of likely N-dealkylation sites (N-methyl/N-ethyl adjacent to an activating group) is 1. The number of ketones is 2. The fourth-order valence-electron chi connectivity index (χ4n) is 3.38. The molecule has 1 heterocycles. The zero-order valence-corrected chi connectivity index (χ0v) is 16.7. The molecule has 0 aromatic carbocycles. The second-order valence-electron chi connectivity index (χ2n) is 7.39. The highest BCUT2D eigenvalue weighted by Crippen LogP contribution is 2.26. The molecule has 0 radical (unpaired) electrons. The van der Waals surface area contributed by atoms with Crippen molar-refractivity contribution in [3.63, 3.8) is 0 Å². The molecule has 0 aliphatic heterocycles. The number of nitrogens with zero attached hydrogens (tertiary/aromatic N) is 2. The molecule has 2 N–H and O–H groups in total. The molecule has 8 heteroatoms. The SMILES string of the molecule is CN(C)CCNC1=CC(=O)c2sc(C(=O)NCC3CCCCC3)nc2C1=O. The van der Waals surface area contributed by atoms with E-state index in [0.717, 1.165) is 30.7 Å². The number of carbonyl (C=O) groups is 3. The summed E-state index contributed by atoms with van der Waals surface area (Å²) in [4.78, 5) is 43.8. The Morgan fingerprint density at radius 3 is 2.70 bits per heavy atom. The van der Waals surface area contributed by atoms with Crippen LogP contribution < -0.4 is 10.6 Å². The first-order valence-electron chi connectivity index (χ1n) is 9.44. The van der Waals surface area contributed by atoms with Crippen molar-refractivity contribution in [2.24, 2.45) is 5.92 Å². The molecule has 1 saturated carbocycles. The van der Waals surface area contributed by atoms with E-state index in [-0.39, 0.29) is 38.7 Å². The molecule has 2 aliphatic carbocycles. The first-order valence-corrected chi connectivity index (χ1v) is 10.3. The van der Waals surface area contributed by atoms with Gasteiger partial charge in [0.15, 0.2) is 10.8 Å². The van der Waals surface area contributed by atoms with E-state index in [0.29, 0.717) is 19.0 Å². The van der Waals surface area contributed by atoms with Gasteiger partial charge in [-0.05, 0) is 32.9 Å². The van der Waals surface area contributed by atoms with E-state index in [1.165, 1.54) is 25.3 Å². The van der Waals surface area contributed by atoms with E-state index in [1.54, 1.807) is 0 Å². The van der Waals surface area contributed by atoms with Crippen molar-refractivity contribution in [1.82, 2.24) is 20.5 Å². The van der Waals surface area contributed by atoms with Gasteiger partial charge < -0.3 is 15.5 Å². The molecule has 3 rings (SSSR count). The molecular formula is C19H26N4O3S. The molecule has 1 aromatic rings. The van der Waals surface area contributed by atoms with Crippen molar-refractivity contribution in [2.45, 2.75) is 32.1 Å². The number of fused-ring (bicyclic) bond motifs is 1. The van der Waals surface area contributed by atoms with Crippen molar-refractivity contribution in [1.29, 1.82) is 0 Å². The maximum atomic E-state index is 12.6. The number of aromatic nitrogens is 1. The van der Waals surface area contributed by atoms with Crippen molar-refractivity contribution in [3.8, 4) is 0 Å². The number of thiazole rings is 1. The first-order chi connectivity index (χ1) is 13.0. The normalized spacial score (nSPS) is 17.7. The predicted octanol–water partition coefficient (Wildman–Crippen LogP) is 1.87. The van der Waals surface area contributed by atoms with Crippen LogP contribution in [0.2, 0.25) is 0 Å². The van der Waals surface area contributed by atoms with Gasteiger partial charge in [0.1, 0.15) is 10.6 Å². The molecule has 7 nitrogen and oxygen atoms in total. The summed E-state index contributed by atoms with van der Waals surface area (Å²) < 4.78 is 0. The van der Waals surface area contributed by atoms with Gasteiger partial charge in [-0.2, -0.15) is 0 Å². The van der Waals surface area contributed by atoms with Gasteiger partial charge in [0, 0.05) is 25.7 Å². The van der Waals surface area contributed by atoms with Crippen LogP contribution in [0.3, 0.4) is 0 Å². The van der Waals surface area contributed by atoms with Gasteiger partial charge in [0.05, 0.1) is 5.70 Å². The van der Waals surface area contributed by atoms with Crippen LogP contribution in [-0.2, 0) is 0 Å². The molecule has 0 saturated heterocycles. The molecule has 0 spiro atoms. The summed E-state index contributed by atoms with van der Waals surface area (Å²) in [5, 5.41) is 6.09. The number of hydrogen-bond donors (Lipinski definition) is 2. The van der Waals surface area contributed by atoms with Gasteiger partial charge in [-0.3, -0.25) is 14.4 Å². The molecule has 0 unspecified atom stereocenters. The molecule has 1 aromatic heterocycles. The number of rotatable bonds is 7. The summed E-state index contributed by atoms with van der Waals surface area (Å²) in [5.41, 5.74) is 0.330. The Labute approximate surface area is 163 Å². The zero-order valence-electron chi connectivity index (χ0n) is 15.8. The van der Waals surface area contributed by atoms with Crippen LogP contribution in [0.25, 0.3) is 0 Å². The summed E-state index contributed by atoms with van der Waals surface area (Å²) in [6.07, 6.45) is 7.28. The standard InChI is InChI=1S/C19H26N4O3S/c1-23(2)9-8-20-13-10-14(24)17-15(16(13)25)22-19(27-17)18(26)21-11-12-6-4-3-5-7-12/h10,12,20H,3-9,11H2,1-2H3,(H,21,26). The molecule has 27 heavy (non-hydrogen) atoms. The lowest BCUT2D eigenvalue weighted by Gasteiger charge is -2.21. The first kappa shape index (κ1) is 19.7. The molecule has 1 fully saturated rings. The monoisotopic (exact) mass is 390 g/mol. The Bertz CT molecular complexity index is 763. The van der Waals surface area contributed by atoms with E-state index >= 15 is 0 Å².